The zero-order chi connectivity index (χ0) is 34.3. The molecule has 11 nitrogen and oxygen atoms in total. The molecule has 0 aromatic heterocycles. The molecule has 0 fully saturated rings. The quantitative estimate of drug-likeness (QED) is 0.0716. The van der Waals surface area contributed by atoms with E-state index >= 15 is 0 Å². The van der Waals surface area contributed by atoms with Crippen LogP contribution in [-0.2, 0) is 0 Å². The molecule has 0 spiro atoms. The molecular weight excluding hydrogens is 628 g/mol. The van der Waals surface area contributed by atoms with E-state index in [-0.39, 0.29) is 45.1 Å². The Kier molecular flexibility index (Phi) is 9.16. The molecule has 11 heteroatoms. The second kappa shape index (κ2) is 14.1. The summed E-state index contributed by atoms with van der Waals surface area (Å²) < 4.78 is 17.6. The van der Waals surface area contributed by atoms with Gasteiger partial charge in [-0.3, -0.25) is 29.8 Å². The Hall–Kier alpha value is -7.14. The summed E-state index contributed by atoms with van der Waals surface area (Å²) in [6.07, 6.45) is 0. The van der Waals surface area contributed by atoms with E-state index in [2.05, 4.69) is 0 Å². The zero-order valence-electron chi connectivity index (χ0n) is 25.4. The van der Waals surface area contributed by atoms with Crippen LogP contribution in [0.2, 0.25) is 0 Å². The molecule has 0 aliphatic carbocycles. The minimum absolute atomic E-state index is 0.102. The van der Waals surface area contributed by atoms with Gasteiger partial charge in [0.05, 0.1) is 21.0 Å². The fourth-order valence-electron chi connectivity index (χ4n) is 4.82. The van der Waals surface area contributed by atoms with Crippen molar-refractivity contribution in [1.82, 2.24) is 0 Å². The summed E-state index contributed by atoms with van der Waals surface area (Å²) in [5, 5.41) is 23.3. The number of nitro benzene ring substituents is 2. The van der Waals surface area contributed by atoms with Crippen LogP contribution in [0.1, 0.15) is 31.8 Å². The SMILES string of the molecule is O=C(c1ccc(Oc2ccccc2)cc1)c1cc([N+](=O)[O-])ccc1Oc1ccc([N+](=O)[O-])cc1C(=O)c1ccc(Oc2ccccc2)cc1. The number of para-hydroxylation sites is 2. The van der Waals surface area contributed by atoms with E-state index in [1.165, 1.54) is 36.4 Å². The van der Waals surface area contributed by atoms with Crippen molar-refractivity contribution in [2.45, 2.75) is 0 Å². The molecule has 0 bridgehead atoms. The highest BCUT2D eigenvalue weighted by atomic mass is 16.6. The van der Waals surface area contributed by atoms with Crippen molar-refractivity contribution in [3.8, 4) is 34.5 Å². The summed E-state index contributed by atoms with van der Waals surface area (Å²) in [5.41, 5.74) is -0.683. The normalized spacial score (nSPS) is 10.5. The summed E-state index contributed by atoms with van der Waals surface area (Å²) in [7, 11) is 0. The molecule has 0 heterocycles. The van der Waals surface area contributed by atoms with Gasteiger partial charge in [-0.1, -0.05) is 36.4 Å². The molecule has 0 N–H and O–H groups in total. The monoisotopic (exact) mass is 652 g/mol. The number of hydrogen-bond donors (Lipinski definition) is 0. The number of carbonyl (C=O) groups excluding carboxylic acids is 2. The third-order valence-electron chi connectivity index (χ3n) is 7.25. The first-order valence-corrected chi connectivity index (χ1v) is 14.8. The van der Waals surface area contributed by atoms with Crippen LogP contribution in [0.15, 0.2) is 146 Å². The average molecular weight is 653 g/mol. The number of ether oxygens (including phenoxy) is 3. The van der Waals surface area contributed by atoms with Gasteiger partial charge >= 0.3 is 0 Å². The van der Waals surface area contributed by atoms with Gasteiger partial charge in [0, 0.05) is 35.4 Å². The number of carbonyl (C=O) groups is 2. The van der Waals surface area contributed by atoms with Crippen LogP contribution in [0.3, 0.4) is 0 Å². The van der Waals surface area contributed by atoms with Crippen molar-refractivity contribution in [2.75, 3.05) is 0 Å². The lowest BCUT2D eigenvalue weighted by molar-refractivity contribution is -0.385. The van der Waals surface area contributed by atoms with Gasteiger partial charge in [-0.25, -0.2) is 0 Å². The van der Waals surface area contributed by atoms with Crippen molar-refractivity contribution < 1.29 is 33.6 Å². The number of rotatable bonds is 12. The van der Waals surface area contributed by atoms with Crippen LogP contribution in [0, 0.1) is 20.2 Å². The summed E-state index contributed by atoms with van der Waals surface area (Å²) in [6, 6.07) is 37.4. The highest BCUT2D eigenvalue weighted by Gasteiger charge is 2.24. The van der Waals surface area contributed by atoms with Crippen LogP contribution in [0.5, 0.6) is 34.5 Å². The molecule has 6 rings (SSSR count). The highest BCUT2D eigenvalue weighted by molar-refractivity contribution is 6.12. The molecular formula is C38H24N2O9. The van der Waals surface area contributed by atoms with E-state index in [0.29, 0.717) is 23.0 Å². The van der Waals surface area contributed by atoms with E-state index in [4.69, 9.17) is 14.2 Å². The molecule has 0 aliphatic rings. The lowest BCUT2D eigenvalue weighted by atomic mass is 10.0. The average Bonchev–Trinajstić information content (AvgIpc) is 3.12. The van der Waals surface area contributed by atoms with Gasteiger partial charge in [-0.15, -0.1) is 0 Å². The number of benzene rings is 6. The Morgan fingerprint density at radius 1 is 0.429 bits per heavy atom. The Labute approximate surface area is 278 Å². The van der Waals surface area contributed by atoms with Crippen LogP contribution in [0.25, 0.3) is 0 Å². The summed E-state index contributed by atoms with van der Waals surface area (Å²) >= 11 is 0. The summed E-state index contributed by atoms with van der Waals surface area (Å²) in [6.45, 7) is 0. The molecule has 0 unspecified atom stereocenters. The summed E-state index contributed by atoms with van der Waals surface area (Å²) in [4.78, 5) is 49.5. The smallest absolute Gasteiger partial charge is 0.270 e. The van der Waals surface area contributed by atoms with Crippen LogP contribution in [-0.4, -0.2) is 21.4 Å². The van der Waals surface area contributed by atoms with E-state index in [1.807, 2.05) is 36.4 Å². The molecule has 49 heavy (non-hydrogen) atoms. The van der Waals surface area contributed by atoms with Gasteiger partial charge in [0.2, 0.25) is 0 Å². The molecule has 240 valence electrons. The van der Waals surface area contributed by atoms with Crippen molar-refractivity contribution in [3.63, 3.8) is 0 Å². The van der Waals surface area contributed by atoms with Gasteiger partial charge in [0.15, 0.2) is 11.6 Å². The molecule has 0 saturated carbocycles. The van der Waals surface area contributed by atoms with Gasteiger partial charge in [0.1, 0.15) is 34.5 Å². The van der Waals surface area contributed by atoms with E-state index in [1.54, 1.807) is 48.5 Å². The first kappa shape index (κ1) is 31.8. The Balaban J connectivity index is 1.31. The number of hydrogen-bond acceptors (Lipinski definition) is 9. The van der Waals surface area contributed by atoms with Crippen LogP contribution >= 0.6 is 0 Å². The molecule has 0 amide bonds. The number of non-ortho nitro benzene ring substituents is 2. The maximum atomic E-state index is 13.7. The molecule has 0 atom stereocenters. The van der Waals surface area contributed by atoms with Gasteiger partial charge in [0.25, 0.3) is 11.4 Å². The highest BCUT2D eigenvalue weighted by Crippen LogP contribution is 2.35. The largest absolute Gasteiger partial charge is 0.457 e. The minimum Gasteiger partial charge on any atom is -0.457 e. The van der Waals surface area contributed by atoms with Crippen molar-refractivity contribution in [1.29, 1.82) is 0 Å². The standard InChI is InChI=1S/C38H24N2O9/c41-37(25-11-17-31(18-12-25)47-29-7-3-1-4-8-29)33-23-27(39(43)44)15-21-35(33)49-36-22-16-28(40(45)46)24-34(36)38(42)26-13-19-32(20-14-26)48-30-9-5-2-6-10-30/h1-24H. The number of nitrogens with zero attached hydrogens (tertiary/aromatic N) is 2. The number of ketones is 2. The van der Waals surface area contributed by atoms with Crippen molar-refractivity contribution >= 4 is 22.9 Å². The minimum atomic E-state index is -0.649. The van der Waals surface area contributed by atoms with Gasteiger partial charge in [-0.2, -0.15) is 0 Å². The summed E-state index contributed by atoms with van der Waals surface area (Å²) in [5.74, 6) is 0.715. The third kappa shape index (κ3) is 7.47. The first-order chi connectivity index (χ1) is 23.7. The zero-order valence-corrected chi connectivity index (χ0v) is 25.4. The van der Waals surface area contributed by atoms with E-state index in [9.17, 15) is 29.8 Å². The van der Waals surface area contributed by atoms with Crippen molar-refractivity contribution in [2.24, 2.45) is 0 Å². The third-order valence-corrected chi connectivity index (χ3v) is 7.25. The van der Waals surface area contributed by atoms with Crippen LogP contribution in [0.4, 0.5) is 11.4 Å². The second-order valence-electron chi connectivity index (χ2n) is 10.5. The topological polar surface area (TPSA) is 148 Å². The van der Waals surface area contributed by atoms with Gasteiger partial charge in [-0.05, 0) is 84.9 Å². The molecule has 6 aromatic rings. The molecule has 6 aromatic carbocycles. The maximum absolute atomic E-state index is 13.7. The predicted octanol–water partition coefficient (Wildman–Crippen LogP) is 9.34. The Bertz CT molecular complexity index is 2010. The van der Waals surface area contributed by atoms with E-state index < -0.39 is 21.4 Å². The first-order valence-electron chi connectivity index (χ1n) is 14.8. The van der Waals surface area contributed by atoms with E-state index in [0.717, 1.165) is 24.3 Å². The number of nitro groups is 2. The molecule has 0 radical (unpaired) electrons. The van der Waals surface area contributed by atoms with Crippen molar-refractivity contribution in [3.05, 3.63) is 188 Å². The predicted molar refractivity (Wildman–Crippen MR) is 179 cm³/mol. The molecule has 0 aliphatic heterocycles. The lowest BCUT2D eigenvalue weighted by Gasteiger charge is -2.14. The fraction of sp³-hybridized carbons (Fsp3) is 0. The lowest BCUT2D eigenvalue weighted by Crippen LogP contribution is -2.08. The second-order valence-corrected chi connectivity index (χ2v) is 10.5. The fourth-order valence-corrected chi connectivity index (χ4v) is 4.82. The van der Waals surface area contributed by atoms with Gasteiger partial charge < -0.3 is 14.2 Å². The Morgan fingerprint density at radius 3 is 1.12 bits per heavy atom. The maximum Gasteiger partial charge on any atom is 0.270 e. The Morgan fingerprint density at radius 2 is 0.776 bits per heavy atom. The molecule has 0 saturated heterocycles. The van der Waals surface area contributed by atoms with Crippen LogP contribution < -0.4 is 14.2 Å².